The second-order valence-electron chi connectivity index (χ2n) is 5.07. The second-order valence-corrected chi connectivity index (χ2v) is 6.34. The molecule has 2 rings (SSSR count). The Kier molecular flexibility index (Phi) is 6.18. The zero-order chi connectivity index (χ0) is 16.7. The lowest BCUT2D eigenvalue weighted by Gasteiger charge is -2.06. The van der Waals surface area contributed by atoms with Gasteiger partial charge in [-0.15, -0.1) is 0 Å². The lowest BCUT2D eigenvalue weighted by Crippen LogP contribution is -2.05. The quantitative estimate of drug-likeness (QED) is 0.491. The summed E-state index contributed by atoms with van der Waals surface area (Å²) in [5.41, 5.74) is 8.48. The normalized spacial score (nSPS) is 10.8. The zero-order valence-electron chi connectivity index (χ0n) is 13.0. The predicted molar refractivity (Wildman–Crippen MR) is 97.5 cm³/mol. The lowest BCUT2D eigenvalue weighted by molar-refractivity contribution is -0.109. The number of allylic oxidation sites excluding steroid dienone is 1. The van der Waals surface area contributed by atoms with Crippen LogP contribution in [0.4, 0.5) is 5.69 Å². The summed E-state index contributed by atoms with van der Waals surface area (Å²) in [4.78, 5) is 23.4. The van der Waals surface area contributed by atoms with E-state index in [-0.39, 0.29) is 10.9 Å². The van der Waals surface area contributed by atoms with Crippen LogP contribution in [0.2, 0.25) is 0 Å². The molecule has 2 N–H and O–H groups in total. The summed E-state index contributed by atoms with van der Waals surface area (Å²) in [6.07, 6.45) is 4.75. The van der Waals surface area contributed by atoms with Gasteiger partial charge in [0.15, 0.2) is 10.9 Å². The number of carbonyl (C=O) groups excluding carboxylic acids is 2. The SMILES string of the molecule is CC(=O)SCCC=Cc1ccc(N)c(C(=O)c2ccccc2)c1. The van der Waals surface area contributed by atoms with Gasteiger partial charge in [-0.05, 0) is 24.1 Å². The van der Waals surface area contributed by atoms with Crippen molar-refractivity contribution in [3.05, 3.63) is 71.3 Å². The number of anilines is 1. The van der Waals surface area contributed by atoms with Crippen molar-refractivity contribution < 1.29 is 9.59 Å². The van der Waals surface area contributed by atoms with Gasteiger partial charge in [0.2, 0.25) is 0 Å². The van der Waals surface area contributed by atoms with Crippen LogP contribution in [0.5, 0.6) is 0 Å². The topological polar surface area (TPSA) is 60.2 Å². The molecule has 0 radical (unpaired) electrons. The smallest absolute Gasteiger partial charge is 0.195 e. The third-order valence-electron chi connectivity index (χ3n) is 3.26. The molecule has 0 amide bonds. The van der Waals surface area contributed by atoms with Gasteiger partial charge in [-0.3, -0.25) is 9.59 Å². The summed E-state index contributed by atoms with van der Waals surface area (Å²) < 4.78 is 0. The van der Waals surface area contributed by atoms with Crippen LogP contribution in [0.1, 0.15) is 34.8 Å². The Morgan fingerprint density at radius 2 is 1.87 bits per heavy atom. The molecule has 0 heterocycles. The van der Waals surface area contributed by atoms with Crippen LogP contribution in [-0.4, -0.2) is 16.7 Å². The number of hydrogen-bond acceptors (Lipinski definition) is 4. The molecule has 4 heteroatoms. The first-order valence-electron chi connectivity index (χ1n) is 7.37. The first-order chi connectivity index (χ1) is 11.1. The number of thioether (sulfide) groups is 1. The largest absolute Gasteiger partial charge is 0.398 e. The van der Waals surface area contributed by atoms with Crippen LogP contribution in [-0.2, 0) is 4.79 Å². The van der Waals surface area contributed by atoms with E-state index in [1.807, 2.05) is 36.4 Å². The lowest BCUT2D eigenvalue weighted by atomic mass is 9.99. The van der Waals surface area contributed by atoms with Crippen LogP contribution >= 0.6 is 11.8 Å². The average Bonchev–Trinajstić information content (AvgIpc) is 2.56. The minimum atomic E-state index is -0.0783. The molecule has 0 aliphatic carbocycles. The van der Waals surface area contributed by atoms with E-state index in [1.165, 1.54) is 11.8 Å². The van der Waals surface area contributed by atoms with Gasteiger partial charge in [0.25, 0.3) is 0 Å². The monoisotopic (exact) mass is 325 g/mol. The molecule has 0 aliphatic rings. The maximum atomic E-state index is 12.5. The van der Waals surface area contributed by atoms with Gasteiger partial charge in [-0.25, -0.2) is 0 Å². The number of rotatable bonds is 6. The number of hydrogen-bond donors (Lipinski definition) is 1. The molecule has 3 nitrogen and oxygen atoms in total. The van der Waals surface area contributed by atoms with Crippen LogP contribution in [0.15, 0.2) is 54.6 Å². The van der Waals surface area contributed by atoms with Crippen LogP contribution in [0.25, 0.3) is 6.08 Å². The van der Waals surface area contributed by atoms with Crippen LogP contribution < -0.4 is 5.73 Å². The summed E-state index contributed by atoms with van der Waals surface area (Å²) >= 11 is 1.31. The van der Waals surface area contributed by atoms with Gasteiger partial charge < -0.3 is 5.73 Å². The van der Waals surface area contributed by atoms with Gasteiger partial charge in [0.1, 0.15) is 0 Å². The standard InChI is InChI=1S/C19H19NO2S/c1-14(21)23-12-6-5-7-15-10-11-18(20)17(13-15)19(22)16-8-3-2-4-9-16/h2-5,7-11,13H,6,12,20H2,1H3. The van der Waals surface area contributed by atoms with E-state index in [2.05, 4.69) is 0 Å². The Morgan fingerprint density at radius 1 is 1.13 bits per heavy atom. The maximum Gasteiger partial charge on any atom is 0.195 e. The summed E-state index contributed by atoms with van der Waals surface area (Å²) in [6, 6.07) is 14.5. The summed E-state index contributed by atoms with van der Waals surface area (Å²) in [5, 5.41) is 0.127. The van der Waals surface area contributed by atoms with Crippen molar-refractivity contribution in [2.24, 2.45) is 0 Å². The van der Waals surface area contributed by atoms with Crippen molar-refractivity contribution in [3.8, 4) is 0 Å². The molecular weight excluding hydrogens is 306 g/mol. The summed E-state index contributed by atoms with van der Waals surface area (Å²) in [6.45, 7) is 1.57. The number of ketones is 1. The molecule has 0 bridgehead atoms. The number of carbonyl (C=O) groups is 2. The fourth-order valence-electron chi connectivity index (χ4n) is 2.11. The van der Waals surface area contributed by atoms with Crippen molar-refractivity contribution in [2.45, 2.75) is 13.3 Å². The molecule has 0 atom stereocenters. The third kappa shape index (κ3) is 5.11. The van der Waals surface area contributed by atoms with Gasteiger partial charge in [-0.2, -0.15) is 0 Å². The first-order valence-corrected chi connectivity index (χ1v) is 8.35. The minimum Gasteiger partial charge on any atom is -0.398 e. The first kappa shape index (κ1) is 17.0. The van der Waals surface area contributed by atoms with Crippen LogP contribution in [0, 0.1) is 0 Å². The van der Waals surface area contributed by atoms with E-state index in [0.29, 0.717) is 16.8 Å². The molecule has 0 fully saturated rings. The average molecular weight is 325 g/mol. The highest BCUT2D eigenvalue weighted by atomic mass is 32.2. The van der Waals surface area contributed by atoms with Crippen molar-refractivity contribution >= 4 is 34.4 Å². The molecule has 0 aliphatic heterocycles. The second kappa shape index (κ2) is 8.34. The van der Waals surface area contributed by atoms with E-state index >= 15 is 0 Å². The van der Waals surface area contributed by atoms with Crippen molar-refractivity contribution in [1.29, 1.82) is 0 Å². The molecule has 2 aromatic rings. The van der Waals surface area contributed by atoms with E-state index in [9.17, 15) is 9.59 Å². The Bertz CT molecular complexity index is 723. The van der Waals surface area contributed by atoms with Gasteiger partial charge in [0, 0.05) is 29.5 Å². The van der Waals surface area contributed by atoms with E-state index in [0.717, 1.165) is 17.7 Å². The van der Waals surface area contributed by atoms with E-state index in [4.69, 9.17) is 5.73 Å². The van der Waals surface area contributed by atoms with Crippen molar-refractivity contribution in [2.75, 3.05) is 11.5 Å². The molecule has 0 unspecified atom stereocenters. The minimum absolute atomic E-state index is 0.0783. The highest BCUT2D eigenvalue weighted by Crippen LogP contribution is 2.19. The summed E-state index contributed by atoms with van der Waals surface area (Å²) in [5.74, 6) is 0.682. The third-order valence-corrected chi connectivity index (χ3v) is 4.10. The fraction of sp³-hybridized carbons (Fsp3) is 0.158. The highest BCUT2D eigenvalue weighted by Gasteiger charge is 2.12. The van der Waals surface area contributed by atoms with Crippen molar-refractivity contribution in [3.63, 3.8) is 0 Å². The Labute approximate surface area is 140 Å². The van der Waals surface area contributed by atoms with Crippen molar-refractivity contribution in [1.82, 2.24) is 0 Å². The molecule has 0 spiro atoms. The predicted octanol–water partition coefficient (Wildman–Crippen LogP) is 4.18. The molecule has 2 aromatic carbocycles. The fourth-order valence-corrected chi connectivity index (χ4v) is 2.65. The highest BCUT2D eigenvalue weighted by molar-refractivity contribution is 8.13. The van der Waals surface area contributed by atoms with Crippen LogP contribution in [0.3, 0.4) is 0 Å². The summed E-state index contributed by atoms with van der Waals surface area (Å²) in [7, 11) is 0. The zero-order valence-corrected chi connectivity index (χ0v) is 13.8. The number of benzene rings is 2. The molecule has 0 saturated carbocycles. The maximum absolute atomic E-state index is 12.5. The Hall–Kier alpha value is -2.33. The molecule has 118 valence electrons. The molecule has 23 heavy (non-hydrogen) atoms. The molecule has 0 aromatic heterocycles. The molecular formula is C19H19NO2S. The Morgan fingerprint density at radius 3 is 2.57 bits per heavy atom. The van der Waals surface area contributed by atoms with Gasteiger partial charge in [-0.1, -0.05) is 60.3 Å². The Balaban J connectivity index is 2.11. The number of nitrogen functional groups attached to an aromatic ring is 1. The molecule has 0 saturated heterocycles. The number of nitrogens with two attached hydrogens (primary N) is 1. The van der Waals surface area contributed by atoms with E-state index in [1.54, 1.807) is 31.2 Å². The van der Waals surface area contributed by atoms with E-state index < -0.39 is 0 Å². The van der Waals surface area contributed by atoms with Gasteiger partial charge >= 0.3 is 0 Å². The van der Waals surface area contributed by atoms with Gasteiger partial charge in [0.05, 0.1) is 0 Å².